The Morgan fingerprint density at radius 1 is 0.783 bits per heavy atom. The second-order valence-corrected chi connectivity index (χ2v) is 10.6. The van der Waals surface area contributed by atoms with Gasteiger partial charge in [0.15, 0.2) is 11.5 Å². The minimum absolute atomic E-state index is 0.192. The number of carbonyl (C=O) groups excluding carboxylic acids is 1. The van der Waals surface area contributed by atoms with E-state index in [0.717, 1.165) is 38.7 Å². The van der Waals surface area contributed by atoms with Crippen molar-refractivity contribution in [3.63, 3.8) is 0 Å². The van der Waals surface area contributed by atoms with Gasteiger partial charge in [-0.25, -0.2) is 4.68 Å². The summed E-state index contributed by atoms with van der Waals surface area (Å²) < 4.78 is 12.1. The Kier molecular flexibility index (Phi) is 8.73. The van der Waals surface area contributed by atoms with Gasteiger partial charge in [-0.05, 0) is 60.0 Å². The number of hydrogen-bond donors (Lipinski definition) is 2. The van der Waals surface area contributed by atoms with Crippen LogP contribution in [0.4, 0.5) is 11.4 Å². The molecule has 0 radical (unpaired) electrons. The van der Waals surface area contributed by atoms with Crippen LogP contribution in [0.25, 0.3) is 33.2 Å². The maximum absolute atomic E-state index is 13.3. The standard InChI is InChI=1S/C37H33N5O4/c1-4-42-37(44)32(40-33-23-38-22-29-9-5-6-14-30(29)33)20-31(41-42)27-12-7-10-25(18-27)26-11-8-13-28(19-26)36(43)39-21-24-15-16-34(45-2)35(17-24)46-3/h5-20,22-23,40H,4,21H2,1-3H3,(H,39,43). The molecule has 6 aromatic rings. The number of hydrogen-bond acceptors (Lipinski definition) is 7. The number of carbonyl (C=O) groups is 1. The van der Waals surface area contributed by atoms with Gasteiger partial charge >= 0.3 is 0 Å². The molecular formula is C37H33N5O4. The molecule has 0 atom stereocenters. The molecule has 0 aliphatic rings. The van der Waals surface area contributed by atoms with E-state index in [1.165, 1.54) is 4.68 Å². The fourth-order valence-electron chi connectivity index (χ4n) is 5.32. The Morgan fingerprint density at radius 2 is 1.54 bits per heavy atom. The van der Waals surface area contributed by atoms with Crippen LogP contribution in [0.5, 0.6) is 11.5 Å². The number of anilines is 2. The summed E-state index contributed by atoms with van der Waals surface area (Å²) in [5.41, 5.74) is 5.62. The van der Waals surface area contributed by atoms with Crippen LogP contribution in [0.2, 0.25) is 0 Å². The smallest absolute Gasteiger partial charge is 0.290 e. The van der Waals surface area contributed by atoms with E-state index >= 15 is 0 Å². The van der Waals surface area contributed by atoms with Gasteiger partial charge < -0.3 is 20.1 Å². The van der Waals surface area contributed by atoms with Crippen LogP contribution in [-0.4, -0.2) is 34.9 Å². The van der Waals surface area contributed by atoms with Gasteiger partial charge in [-0.1, -0.05) is 60.7 Å². The third-order valence-electron chi connectivity index (χ3n) is 7.73. The van der Waals surface area contributed by atoms with E-state index in [-0.39, 0.29) is 11.5 Å². The zero-order chi connectivity index (χ0) is 32.0. The molecule has 9 heteroatoms. The first kappa shape index (κ1) is 30.1. The van der Waals surface area contributed by atoms with Crippen LogP contribution in [-0.2, 0) is 13.1 Å². The van der Waals surface area contributed by atoms with Gasteiger partial charge in [-0.15, -0.1) is 0 Å². The maximum Gasteiger partial charge on any atom is 0.290 e. The van der Waals surface area contributed by atoms with Gasteiger partial charge in [-0.2, -0.15) is 5.10 Å². The van der Waals surface area contributed by atoms with E-state index < -0.39 is 0 Å². The number of ether oxygens (including phenoxy) is 2. The number of amides is 1. The molecule has 9 nitrogen and oxygen atoms in total. The number of aryl methyl sites for hydroxylation is 1. The van der Waals surface area contributed by atoms with Crippen molar-refractivity contribution in [1.82, 2.24) is 20.1 Å². The Balaban J connectivity index is 1.26. The Hall–Kier alpha value is -5.96. The summed E-state index contributed by atoms with van der Waals surface area (Å²) in [5.74, 6) is 1.04. The topological polar surface area (TPSA) is 107 Å². The summed E-state index contributed by atoms with van der Waals surface area (Å²) in [7, 11) is 3.17. The normalized spacial score (nSPS) is 10.8. The Bertz CT molecular complexity index is 2100. The first-order valence-electron chi connectivity index (χ1n) is 14.9. The third kappa shape index (κ3) is 6.30. The SMILES string of the molecule is CCn1nc(-c2cccc(-c3cccc(C(=O)NCc4ccc(OC)c(OC)c4)c3)c2)cc(Nc2cncc3ccccc23)c1=O. The zero-order valence-electron chi connectivity index (χ0n) is 25.8. The highest BCUT2D eigenvalue weighted by atomic mass is 16.5. The van der Waals surface area contributed by atoms with Crippen molar-refractivity contribution in [3.8, 4) is 33.9 Å². The van der Waals surface area contributed by atoms with Crippen molar-refractivity contribution in [2.75, 3.05) is 19.5 Å². The van der Waals surface area contributed by atoms with Gasteiger partial charge in [0.2, 0.25) is 0 Å². The monoisotopic (exact) mass is 611 g/mol. The average molecular weight is 612 g/mol. The van der Waals surface area contributed by atoms with E-state index in [9.17, 15) is 9.59 Å². The van der Waals surface area contributed by atoms with Crippen LogP contribution < -0.4 is 25.7 Å². The van der Waals surface area contributed by atoms with E-state index in [1.807, 2.05) is 91.9 Å². The largest absolute Gasteiger partial charge is 0.493 e. The second-order valence-electron chi connectivity index (χ2n) is 10.6. The molecule has 230 valence electrons. The number of nitrogens with one attached hydrogen (secondary N) is 2. The summed E-state index contributed by atoms with van der Waals surface area (Å²) >= 11 is 0. The van der Waals surface area contributed by atoms with Gasteiger partial charge in [0.1, 0.15) is 5.69 Å². The molecule has 0 saturated carbocycles. The Morgan fingerprint density at radius 3 is 2.35 bits per heavy atom. The lowest BCUT2D eigenvalue weighted by atomic mass is 9.99. The number of nitrogens with zero attached hydrogens (tertiary/aromatic N) is 3. The molecule has 2 N–H and O–H groups in total. The van der Waals surface area contributed by atoms with Crippen molar-refractivity contribution in [2.45, 2.75) is 20.0 Å². The van der Waals surface area contributed by atoms with Crippen LogP contribution in [0.1, 0.15) is 22.8 Å². The molecular weight excluding hydrogens is 578 g/mol. The predicted molar refractivity (Wildman–Crippen MR) is 181 cm³/mol. The van der Waals surface area contributed by atoms with E-state index in [4.69, 9.17) is 9.47 Å². The zero-order valence-corrected chi connectivity index (χ0v) is 25.8. The van der Waals surface area contributed by atoms with Gasteiger partial charge in [-0.3, -0.25) is 14.6 Å². The average Bonchev–Trinajstić information content (AvgIpc) is 3.11. The number of aromatic nitrogens is 3. The molecule has 2 aromatic heterocycles. The molecule has 0 spiro atoms. The lowest BCUT2D eigenvalue weighted by Crippen LogP contribution is -2.24. The summed E-state index contributed by atoms with van der Waals surface area (Å²) in [4.78, 5) is 30.7. The molecule has 6 rings (SSSR count). The van der Waals surface area contributed by atoms with E-state index in [1.54, 1.807) is 38.7 Å². The predicted octanol–water partition coefficient (Wildman–Crippen LogP) is 6.84. The Labute approximate surface area is 266 Å². The van der Waals surface area contributed by atoms with Gasteiger partial charge in [0, 0.05) is 41.2 Å². The van der Waals surface area contributed by atoms with Crippen LogP contribution in [0.15, 0.2) is 114 Å². The molecule has 0 bridgehead atoms. The van der Waals surface area contributed by atoms with Crippen LogP contribution >= 0.6 is 0 Å². The fourth-order valence-corrected chi connectivity index (χ4v) is 5.32. The van der Waals surface area contributed by atoms with Crippen molar-refractivity contribution in [1.29, 1.82) is 0 Å². The molecule has 0 aliphatic heterocycles. The highest BCUT2D eigenvalue weighted by molar-refractivity contribution is 5.96. The number of pyridine rings is 1. The number of fused-ring (bicyclic) bond motifs is 1. The first-order chi connectivity index (χ1) is 22.5. The molecule has 2 heterocycles. The van der Waals surface area contributed by atoms with Crippen molar-refractivity contribution >= 4 is 28.1 Å². The molecule has 0 aliphatic carbocycles. The third-order valence-corrected chi connectivity index (χ3v) is 7.73. The number of rotatable bonds is 10. The van der Waals surface area contributed by atoms with Crippen LogP contribution in [0.3, 0.4) is 0 Å². The number of methoxy groups -OCH3 is 2. The lowest BCUT2D eigenvalue weighted by Gasteiger charge is -2.13. The summed E-state index contributed by atoms with van der Waals surface area (Å²) in [6.07, 6.45) is 3.51. The van der Waals surface area contributed by atoms with Gasteiger partial charge in [0.05, 0.1) is 31.8 Å². The molecule has 46 heavy (non-hydrogen) atoms. The van der Waals surface area contributed by atoms with Crippen LogP contribution in [0, 0.1) is 0 Å². The second kappa shape index (κ2) is 13.4. The lowest BCUT2D eigenvalue weighted by molar-refractivity contribution is 0.0951. The highest BCUT2D eigenvalue weighted by Gasteiger charge is 2.14. The molecule has 0 unspecified atom stereocenters. The number of benzene rings is 4. The van der Waals surface area contributed by atoms with E-state index in [0.29, 0.717) is 41.5 Å². The minimum atomic E-state index is -0.220. The first-order valence-corrected chi connectivity index (χ1v) is 14.9. The molecule has 1 amide bonds. The summed E-state index contributed by atoms with van der Waals surface area (Å²) in [5, 5.41) is 12.9. The molecule has 0 saturated heterocycles. The minimum Gasteiger partial charge on any atom is -0.493 e. The summed E-state index contributed by atoms with van der Waals surface area (Å²) in [6, 6.07) is 30.6. The van der Waals surface area contributed by atoms with Crippen molar-refractivity contribution in [2.24, 2.45) is 0 Å². The van der Waals surface area contributed by atoms with Crippen molar-refractivity contribution < 1.29 is 14.3 Å². The highest BCUT2D eigenvalue weighted by Crippen LogP contribution is 2.30. The summed E-state index contributed by atoms with van der Waals surface area (Å²) in [6.45, 7) is 2.64. The molecule has 0 fully saturated rings. The fraction of sp³-hybridized carbons (Fsp3) is 0.135. The van der Waals surface area contributed by atoms with Crippen molar-refractivity contribution in [3.05, 3.63) is 131 Å². The molecule has 4 aromatic carbocycles. The maximum atomic E-state index is 13.3. The quantitative estimate of drug-likeness (QED) is 0.175. The van der Waals surface area contributed by atoms with Gasteiger partial charge in [0.25, 0.3) is 11.5 Å². The van der Waals surface area contributed by atoms with E-state index in [2.05, 4.69) is 20.7 Å².